The Morgan fingerprint density at radius 2 is 1.35 bits per heavy atom. The van der Waals surface area contributed by atoms with Gasteiger partial charge in [0.25, 0.3) is 0 Å². The minimum absolute atomic E-state index is 1.10. The van der Waals surface area contributed by atoms with Crippen LogP contribution in [0.15, 0.2) is 48.5 Å². The van der Waals surface area contributed by atoms with Crippen molar-refractivity contribution in [2.75, 3.05) is 5.33 Å². The third kappa shape index (κ3) is 3.96. The number of benzene rings is 2. The second-order valence-electron chi connectivity index (χ2n) is 5.24. The summed E-state index contributed by atoms with van der Waals surface area (Å²) < 4.78 is 0. The van der Waals surface area contributed by atoms with Gasteiger partial charge < -0.3 is 0 Å². The molecule has 0 aromatic heterocycles. The Kier molecular flexibility index (Phi) is 6.32. The molecule has 20 heavy (non-hydrogen) atoms. The van der Waals surface area contributed by atoms with Crippen LogP contribution in [0.1, 0.15) is 43.7 Å². The van der Waals surface area contributed by atoms with Gasteiger partial charge >= 0.3 is 0 Å². The normalized spacial score (nSPS) is 11.3. The number of rotatable bonds is 4. The largest absolute Gasteiger partial charge is 0.0928 e. The Balaban J connectivity index is 0.000000182. The molecule has 0 N–H and O–H groups in total. The highest BCUT2D eigenvalue weighted by molar-refractivity contribution is 9.09. The van der Waals surface area contributed by atoms with Crippen LogP contribution in [-0.4, -0.2) is 5.33 Å². The molecule has 0 saturated heterocycles. The molecule has 0 aliphatic heterocycles. The van der Waals surface area contributed by atoms with Gasteiger partial charge in [-0.2, -0.15) is 0 Å². The van der Waals surface area contributed by atoms with Crippen molar-refractivity contribution >= 4 is 15.9 Å². The molecule has 0 radical (unpaired) electrons. The van der Waals surface area contributed by atoms with E-state index in [0.29, 0.717) is 0 Å². The maximum Gasteiger partial charge on any atom is 0.00313 e. The molecular formula is C19H23Br. The molecule has 2 aromatic rings. The molecule has 0 bridgehead atoms. The molecule has 106 valence electrons. The van der Waals surface area contributed by atoms with E-state index in [0.717, 1.165) is 6.42 Å². The van der Waals surface area contributed by atoms with Crippen molar-refractivity contribution in [3.8, 4) is 11.1 Å². The lowest BCUT2D eigenvalue weighted by Gasteiger charge is -1.98. The molecule has 0 amide bonds. The van der Waals surface area contributed by atoms with Gasteiger partial charge in [0.05, 0.1) is 0 Å². The summed E-state index contributed by atoms with van der Waals surface area (Å²) >= 11 is 3.38. The van der Waals surface area contributed by atoms with Gasteiger partial charge in [-0.3, -0.25) is 0 Å². The average Bonchev–Trinajstić information content (AvgIpc) is 2.87. The number of halogens is 1. The molecule has 1 aliphatic rings. The molecule has 0 spiro atoms. The van der Waals surface area contributed by atoms with Crippen LogP contribution in [0.25, 0.3) is 11.1 Å². The molecule has 1 heteroatoms. The fraction of sp³-hybridized carbons (Fsp3) is 0.368. The van der Waals surface area contributed by atoms with Crippen LogP contribution in [0.5, 0.6) is 0 Å². The van der Waals surface area contributed by atoms with Crippen LogP contribution >= 0.6 is 15.9 Å². The number of hydrogen-bond acceptors (Lipinski definition) is 0. The molecular weight excluding hydrogens is 308 g/mol. The zero-order valence-electron chi connectivity index (χ0n) is 12.2. The van der Waals surface area contributed by atoms with E-state index >= 15 is 0 Å². The number of hydrogen-bond donors (Lipinski definition) is 0. The molecule has 0 fully saturated rings. The molecule has 0 heterocycles. The number of fused-ring (bicyclic) bond motifs is 3. The summed E-state index contributed by atoms with van der Waals surface area (Å²) in [6.07, 6.45) is 6.57. The van der Waals surface area contributed by atoms with E-state index in [-0.39, 0.29) is 0 Å². The van der Waals surface area contributed by atoms with Crippen LogP contribution in [0.4, 0.5) is 0 Å². The Bertz CT molecular complexity index is 483. The number of alkyl halides is 1. The summed E-state index contributed by atoms with van der Waals surface area (Å²) in [4.78, 5) is 0. The SMILES string of the molecule is CCCCCCBr.c1ccc2c(c1)Cc1ccccc1-2. The van der Waals surface area contributed by atoms with Crippen LogP contribution in [0, 0.1) is 0 Å². The van der Waals surface area contributed by atoms with Gasteiger partial charge in [0, 0.05) is 5.33 Å². The fourth-order valence-electron chi connectivity index (χ4n) is 2.60. The van der Waals surface area contributed by atoms with Crippen molar-refractivity contribution < 1.29 is 0 Å². The first kappa shape index (κ1) is 15.3. The van der Waals surface area contributed by atoms with Crippen molar-refractivity contribution in [1.29, 1.82) is 0 Å². The average molecular weight is 331 g/mol. The second kappa shape index (κ2) is 8.26. The highest BCUT2D eigenvalue weighted by atomic mass is 79.9. The quantitative estimate of drug-likeness (QED) is 0.393. The summed E-state index contributed by atoms with van der Waals surface area (Å²) in [5.74, 6) is 0. The molecule has 0 unspecified atom stereocenters. The van der Waals surface area contributed by atoms with E-state index in [4.69, 9.17) is 0 Å². The Morgan fingerprint density at radius 1 is 0.800 bits per heavy atom. The zero-order valence-corrected chi connectivity index (χ0v) is 13.8. The Morgan fingerprint density at radius 3 is 1.85 bits per heavy atom. The van der Waals surface area contributed by atoms with Crippen LogP contribution in [0.2, 0.25) is 0 Å². The predicted octanol–water partition coefficient (Wildman–Crippen LogP) is 6.22. The van der Waals surface area contributed by atoms with E-state index in [1.54, 1.807) is 0 Å². The van der Waals surface area contributed by atoms with E-state index in [2.05, 4.69) is 71.4 Å². The first-order chi connectivity index (χ1) is 9.86. The lowest BCUT2D eigenvalue weighted by atomic mass is 10.1. The topological polar surface area (TPSA) is 0 Å². The van der Waals surface area contributed by atoms with E-state index in [9.17, 15) is 0 Å². The van der Waals surface area contributed by atoms with Gasteiger partial charge in [0.2, 0.25) is 0 Å². The summed E-state index contributed by atoms with van der Waals surface area (Å²) in [5.41, 5.74) is 5.75. The molecule has 0 nitrogen and oxygen atoms in total. The monoisotopic (exact) mass is 330 g/mol. The molecule has 2 aromatic carbocycles. The van der Waals surface area contributed by atoms with Crippen molar-refractivity contribution in [3.63, 3.8) is 0 Å². The fourth-order valence-corrected chi connectivity index (χ4v) is 3.00. The molecule has 1 aliphatic carbocycles. The minimum atomic E-state index is 1.10. The van der Waals surface area contributed by atoms with E-state index in [1.165, 1.54) is 53.3 Å². The molecule has 0 saturated carbocycles. The zero-order chi connectivity index (χ0) is 14.2. The first-order valence-electron chi connectivity index (χ1n) is 7.59. The van der Waals surface area contributed by atoms with Crippen LogP contribution < -0.4 is 0 Å². The maximum atomic E-state index is 3.38. The van der Waals surface area contributed by atoms with E-state index in [1.807, 2.05) is 0 Å². The van der Waals surface area contributed by atoms with Gasteiger partial charge in [-0.25, -0.2) is 0 Å². The van der Waals surface area contributed by atoms with Crippen LogP contribution in [-0.2, 0) is 6.42 Å². The number of unbranched alkanes of at least 4 members (excludes halogenated alkanes) is 3. The molecule has 0 atom stereocenters. The summed E-state index contributed by atoms with van der Waals surface area (Å²) in [7, 11) is 0. The van der Waals surface area contributed by atoms with Crippen molar-refractivity contribution in [2.24, 2.45) is 0 Å². The lowest BCUT2D eigenvalue weighted by Crippen LogP contribution is -1.77. The van der Waals surface area contributed by atoms with Gasteiger partial charge in [0.1, 0.15) is 0 Å². The van der Waals surface area contributed by atoms with Gasteiger partial charge in [-0.15, -0.1) is 0 Å². The Hall–Kier alpha value is -1.08. The predicted molar refractivity (Wildman–Crippen MR) is 92.6 cm³/mol. The minimum Gasteiger partial charge on any atom is -0.0928 e. The summed E-state index contributed by atoms with van der Waals surface area (Å²) in [5, 5.41) is 1.17. The standard InChI is InChI=1S/C13H10.C6H13Br/c1-3-7-12-10(5-1)9-11-6-2-4-8-13(11)12;1-2-3-4-5-6-7/h1-8H,9H2;2-6H2,1H3. The molecule has 3 rings (SSSR count). The Labute approximate surface area is 131 Å². The third-order valence-corrected chi connectivity index (χ3v) is 4.25. The van der Waals surface area contributed by atoms with Crippen molar-refractivity contribution in [2.45, 2.75) is 39.0 Å². The highest BCUT2D eigenvalue weighted by Gasteiger charge is 2.15. The van der Waals surface area contributed by atoms with Crippen molar-refractivity contribution in [1.82, 2.24) is 0 Å². The van der Waals surface area contributed by atoms with Gasteiger partial charge in [-0.1, -0.05) is 90.6 Å². The first-order valence-corrected chi connectivity index (χ1v) is 8.71. The van der Waals surface area contributed by atoms with Gasteiger partial charge in [0.15, 0.2) is 0 Å². The second-order valence-corrected chi connectivity index (χ2v) is 6.03. The third-order valence-electron chi connectivity index (χ3n) is 3.69. The lowest BCUT2D eigenvalue weighted by molar-refractivity contribution is 0.708. The summed E-state index contributed by atoms with van der Waals surface area (Å²) in [6, 6.07) is 17.3. The van der Waals surface area contributed by atoms with E-state index < -0.39 is 0 Å². The van der Waals surface area contributed by atoms with Gasteiger partial charge in [-0.05, 0) is 35.1 Å². The van der Waals surface area contributed by atoms with Crippen molar-refractivity contribution in [3.05, 3.63) is 59.7 Å². The smallest absolute Gasteiger partial charge is 0.00313 e. The van der Waals surface area contributed by atoms with Crippen LogP contribution in [0.3, 0.4) is 0 Å². The summed E-state index contributed by atoms with van der Waals surface area (Å²) in [6.45, 7) is 2.23. The highest BCUT2D eigenvalue weighted by Crippen LogP contribution is 2.35. The maximum absolute atomic E-state index is 3.38.